The maximum absolute atomic E-state index is 10.4. The van der Waals surface area contributed by atoms with Crippen LogP contribution < -0.4 is 5.32 Å². The van der Waals surface area contributed by atoms with E-state index in [0.29, 0.717) is 0 Å². The van der Waals surface area contributed by atoms with Gasteiger partial charge in [0.15, 0.2) is 0 Å². The van der Waals surface area contributed by atoms with Crippen LogP contribution in [0, 0.1) is 5.92 Å². The quantitative estimate of drug-likeness (QED) is 0.600. The van der Waals surface area contributed by atoms with E-state index in [9.17, 15) is 5.11 Å². The standard InChI is InChI=1S/C11H19NO/c1-9-4-6-11(13,7-5-9)10-3-2-8-12-10/h2-3,9-10,12-13H,4-8H2,1H3. The summed E-state index contributed by atoms with van der Waals surface area (Å²) in [6, 6.07) is 0.208. The Bertz CT molecular complexity index is 204. The Balaban J connectivity index is 1.99. The molecule has 13 heavy (non-hydrogen) atoms. The van der Waals surface area contributed by atoms with E-state index in [4.69, 9.17) is 0 Å². The fraction of sp³-hybridized carbons (Fsp3) is 0.818. The van der Waals surface area contributed by atoms with Gasteiger partial charge < -0.3 is 10.4 Å². The zero-order valence-electron chi connectivity index (χ0n) is 8.29. The van der Waals surface area contributed by atoms with E-state index in [-0.39, 0.29) is 6.04 Å². The van der Waals surface area contributed by atoms with Crippen LogP contribution in [-0.4, -0.2) is 23.3 Å². The zero-order valence-corrected chi connectivity index (χ0v) is 8.29. The Labute approximate surface area is 80.0 Å². The molecule has 0 aromatic heterocycles. The first-order valence-electron chi connectivity index (χ1n) is 5.33. The Morgan fingerprint density at radius 3 is 2.62 bits per heavy atom. The third kappa shape index (κ3) is 1.79. The lowest BCUT2D eigenvalue weighted by molar-refractivity contribution is -0.0240. The van der Waals surface area contributed by atoms with Crippen LogP contribution in [0.3, 0.4) is 0 Å². The van der Waals surface area contributed by atoms with Gasteiger partial charge >= 0.3 is 0 Å². The number of rotatable bonds is 1. The van der Waals surface area contributed by atoms with Gasteiger partial charge in [0.1, 0.15) is 0 Å². The van der Waals surface area contributed by atoms with Gasteiger partial charge in [0.2, 0.25) is 0 Å². The summed E-state index contributed by atoms with van der Waals surface area (Å²) in [5, 5.41) is 13.7. The lowest BCUT2D eigenvalue weighted by Gasteiger charge is -2.38. The number of aliphatic hydroxyl groups is 1. The molecule has 74 valence electrons. The molecule has 1 saturated carbocycles. The summed E-state index contributed by atoms with van der Waals surface area (Å²) in [5.41, 5.74) is -0.459. The highest BCUT2D eigenvalue weighted by atomic mass is 16.3. The fourth-order valence-corrected chi connectivity index (χ4v) is 2.41. The second-order valence-electron chi connectivity index (χ2n) is 4.60. The van der Waals surface area contributed by atoms with Crippen LogP contribution in [0.5, 0.6) is 0 Å². The fourth-order valence-electron chi connectivity index (χ4n) is 2.41. The van der Waals surface area contributed by atoms with Crippen molar-refractivity contribution in [1.29, 1.82) is 0 Å². The Morgan fingerprint density at radius 1 is 1.38 bits per heavy atom. The van der Waals surface area contributed by atoms with Crippen molar-refractivity contribution in [2.45, 2.75) is 44.2 Å². The van der Waals surface area contributed by atoms with Crippen molar-refractivity contribution in [1.82, 2.24) is 5.32 Å². The van der Waals surface area contributed by atoms with Gasteiger partial charge in [-0.3, -0.25) is 0 Å². The van der Waals surface area contributed by atoms with Crippen LogP contribution in [0.25, 0.3) is 0 Å². The maximum atomic E-state index is 10.4. The normalized spacial score (nSPS) is 45.4. The molecule has 1 fully saturated rings. The lowest BCUT2D eigenvalue weighted by Crippen LogP contribution is -2.49. The molecule has 2 N–H and O–H groups in total. The van der Waals surface area contributed by atoms with Gasteiger partial charge in [-0.2, -0.15) is 0 Å². The minimum Gasteiger partial charge on any atom is -0.388 e. The second-order valence-corrected chi connectivity index (χ2v) is 4.60. The Hall–Kier alpha value is -0.340. The predicted octanol–water partition coefficient (Wildman–Crippen LogP) is 1.46. The summed E-state index contributed by atoms with van der Waals surface area (Å²) in [4.78, 5) is 0. The molecular formula is C11H19NO. The number of hydrogen-bond donors (Lipinski definition) is 2. The maximum Gasteiger partial charge on any atom is 0.0836 e. The molecule has 0 saturated heterocycles. The van der Waals surface area contributed by atoms with Gasteiger partial charge in [-0.15, -0.1) is 0 Å². The van der Waals surface area contributed by atoms with Crippen molar-refractivity contribution in [3.05, 3.63) is 12.2 Å². The molecule has 1 unspecified atom stereocenters. The van der Waals surface area contributed by atoms with E-state index < -0.39 is 5.60 Å². The van der Waals surface area contributed by atoms with Gasteiger partial charge in [0, 0.05) is 6.54 Å². The predicted molar refractivity (Wildman–Crippen MR) is 53.5 cm³/mol. The second kappa shape index (κ2) is 3.43. The largest absolute Gasteiger partial charge is 0.388 e. The number of nitrogens with one attached hydrogen (secondary N) is 1. The van der Waals surface area contributed by atoms with Crippen LogP contribution in [0.15, 0.2) is 12.2 Å². The average Bonchev–Trinajstić information content (AvgIpc) is 2.63. The third-order valence-corrected chi connectivity index (χ3v) is 3.50. The summed E-state index contributed by atoms with van der Waals surface area (Å²) < 4.78 is 0. The van der Waals surface area contributed by atoms with E-state index in [1.54, 1.807) is 0 Å². The molecule has 2 aliphatic rings. The van der Waals surface area contributed by atoms with Gasteiger partial charge in [-0.05, 0) is 31.6 Å². The smallest absolute Gasteiger partial charge is 0.0836 e. The molecular weight excluding hydrogens is 162 g/mol. The van der Waals surface area contributed by atoms with E-state index in [1.165, 1.54) is 12.8 Å². The first-order valence-corrected chi connectivity index (χ1v) is 5.33. The van der Waals surface area contributed by atoms with Crippen LogP contribution in [0.1, 0.15) is 32.6 Å². The molecule has 1 atom stereocenters. The van der Waals surface area contributed by atoms with Crippen LogP contribution >= 0.6 is 0 Å². The van der Waals surface area contributed by atoms with Crippen molar-refractivity contribution >= 4 is 0 Å². The summed E-state index contributed by atoms with van der Waals surface area (Å²) in [6.07, 6.45) is 8.48. The summed E-state index contributed by atoms with van der Waals surface area (Å²) in [6.45, 7) is 3.19. The minimum atomic E-state index is -0.459. The highest BCUT2D eigenvalue weighted by Crippen LogP contribution is 2.35. The topological polar surface area (TPSA) is 32.3 Å². The molecule has 1 aliphatic heterocycles. The van der Waals surface area contributed by atoms with E-state index in [0.717, 1.165) is 25.3 Å². The first kappa shape index (κ1) is 9.22. The molecule has 2 nitrogen and oxygen atoms in total. The molecule has 1 aliphatic carbocycles. The third-order valence-electron chi connectivity index (χ3n) is 3.50. The SMILES string of the molecule is CC1CCC(O)(C2C=CCN2)CC1. The summed E-state index contributed by atoms with van der Waals surface area (Å²) in [7, 11) is 0. The van der Waals surface area contributed by atoms with Crippen LogP contribution in [0.2, 0.25) is 0 Å². The van der Waals surface area contributed by atoms with Crippen molar-refractivity contribution in [2.75, 3.05) is 6.54 Å². The van der Waals surface area contributed by atoms with E-state index >= 15 is 0 Å². The monoisotopic (exact) mass is 181 g/mol. The van der Waals surface area contributed by atoms with Gasteiger partial charge in [0.25, 0.3) is 0 Å². The highest BCUT2D eigenvalue weighted by Gasteiger charge is 2.38. The van der Waals surface area contributed by atoms with Crippen molar-refractivity contribution in [3.8, 4) is 0 Å². The van der Waals surface area contributed by atoms with Gasteiger partial charge in [-0.1, -0.05) is 19.1 Å². The molecule has 0 spiro atoms. The molecule has 2 rings (SSSR count). The Kier molecular flexibility index (Phi) is 2.43. The molecule has 0 aromatic carbocycles. The average molecular weight is 181 g/mol. The zero-order chi connectivity index (χ0) is 9.31. The summed E-state index contributed by atoms with van der Waals surface area (Å²) >= 11 is 0. The molecule has 0 aromatic rings. The molecule has 1 heterocycles. The molecule has 0 amide bonds. The van der Waals surface area contributed by atoms with Gasteiger partial charge in [0.05, 0.1) is 11.6 Å². The van der Waals surface area contributed by atoms with Crippen LogP contribution in [0.4, 0.5) is 0 Å². The van der Waals surface area contributed by atoms with E-state index in [2.05, 4.69) is 24.4 Å². The minimum absolute atomic E-state index is 0.208. The highest BCUT2D eigenvalue weighted by molar-refractivity contribution is 5.11. The molecule has 2 heteroatoms. The number of hydrogen-bond acceptors (Lipinski definition) is 2. The summed E-state index contributed by atoms with van der Waals surface area (Å²) in [5.74, 6) is 0.797. The Morgan fingerprint density at radius 2 is 2.08 bits per heavy atom. The van der Waals surface area contributed by atoms with E-state index in [1.807, 2.05) is 0 Å². The lowest BCUT2D eigenvalue weighted by atomic mass is 9.76. The first-order chi connectivity index (χ1) is 6.21. The van der Waals surface area contributed by atoms with Crippen LogP contribution in [-0.2, 0) is 0 Å². The van der Waals surface area contributed by atoms with Gasteiger partial charge in [-0.25, -0.2) is 0 Å². The van der Waals surface area contributed by atoms with Crippen molar-refractivity contribution in [2.24, 2.45) is 5.92 Å². The molecule has 0 bridgehead atoms. The van der Waals surface area contributed by atoms with Crippen molar-refractivity contribution in [3.63, 3.8) is 0 Å². The molecule has 0 radical (unpaired) electrons. The van der Waals surface area contributed by atoms with Crippen molar-refractivity contribution < 1.29 is 5.11 Å².